The maximum absolute atomic E-state index is 12.0. The molecule has 106 valence electrons. The molecule has 1 aliphatic rings. The van der Waals surface area contributed by atoms with Crippen molar-refractivity contribution in [2.75, 3.05) is 24.2 Å². The van der Waals surface area contributed by atoms with Crippen molar-refractivity contribution in [3.05, 3.63) is 5.56 Å². The molecule has 0 spiro atoms. The number of amides is 1. The lowest BCUT2D eigenvalue weighted by Crippen LogP contribution is -2.30. The molecule has 0 aliphatic heterocycles. The second-order valence-corrected chi connectivity index (χ2v) is 6.19. The lowest BCUT2D eigenvalue weighted by Gasteiger charge is -2.24. The second-order valence-electron chi connectivity index (χ2n) is 5.43. The van der Waals surface area contributed by atoms with Gasteiger partial charge in [0.05, 0.1) is 0 Å². The van der Waals surface area contributed by atoms with Gasteiger partial charge in [-0.3, -0.25) is 4.79 Å². The highest BCUT2D eigenvalue weighted by Crippen LogP contribution is 2.38. The fraction of sp³-hybridized carbons (Fsp3) is 0.692. The van der Waals surface area contributed by atoms with Crippen LogP contribution < -0.4 is 16.0 Å². The molecule has 6 heteroatoms. The van der Waals surface area contributed by atoms with E-state index in [2.05, 4.69) is 28.4 Å². The van der Waals surface area contributed by atoms with E-state index in [0.29, 0.717) is 23.3 Å². The average molecular weight is 282 g/mol. The van der Waals surface area contributed by atoms with Crippen molar-refractivity contribution in [1.82, 2.24) is 9.69 Å². The highest BCUT2D eigenvalue weighted by Gasteiger charge is 2.33. The van der Waals surface area contributed by atoms with Gasteiger partial charge in [0, 0.05) is 19.6 Å². The van der Waals surface area contributed by atoms with Crippen molar-refractivity contribution in [3.63, 3.8) is 0 Å². The molecule has 2 rings (SSSR count). The molecule has 1 heterocycles. The molecule has 3 N–H and O–H groups in total. The number of nitrogens with one attached hydrogen (secondary N) is 1. The quantitative estimate of drug-likeness (QED) is 0.838. The number of carbonyl (C=O) groups excluding carboxylic acids is 1. The van der Waals surface area contributed by atoms with E-state index in [-0.39, 0.29) is 5.91 Å². The van der Waals surface area contributed by atoms with Crippen LogP contribution in [0, 0.1) is 5.92 Å². The molecule has 0 aromatic carbocycles. The van der Waals surface area contributed by atoms with Gasteiger partial charge in [0.25, 0.3) is 5.91 Å². The van der Waals surface area contributed by atoms with Crippen LogP contribution in [0.5, 0.6) is 0 Å². The van der Waals surface area contributed by atoms with E-state index >= 15 is 0 Å². The van der Waals surface area contributed by atoms with Gasteiger partial charge in [0.1, 0.15) is 10.6 Å². The summed E-state index contributed by atoms with van der Waals surface area (Å²) in [5.41, 5.74) is 6.39. The second kappa shape index (κ2) is 5.77. The van der Waals surface area contributed by atoms with Crippen LogP contribution in [0.3, 0.4) is 0 Å². The lowest BCUT2D eigenvalue weighted by atomic mass is 10.1. The third-order valence-electron chi connectivity index (χ3n) is 3.35. The molecule has 0 bridgehead atoms. The summed E-state index contributed by atoms with van der Waals surface area (Å²) in [5.74, 6) is 0.848. The molecule has 0 unspecified atom stereocenters. The molecule has 1 amide bonds. The number of carbonyl (C=O) groups is 1. The lowest BCUT2D eigenvalue weighted by molar-refractivity contribution is 0.0964. The van der Waals surface area contributed by atoms with Crippen LogP contribution in [0.25, 0.3) is 0 Å². The Balaban J connectivity index is 2.24. The maximum Gasteiger partial charge on any atom is 0.257 e. The highest BCUT2D eigenvalue weighted by atomic mass is 32.1. The molecule has 19 heavy (non-hydrogen) atoms. The van der Waals surface area contributed by atoms with Crippen molar-refractivity contribution in [3.8, 4) is 0 Å². The summed E-state index contributed by atoms with van der Waals surface area (Å²) in [5, 5.41) is 3.58. The van der Waals surface area contributed by atoms with Crippen LogP contribution in [-0.2, 0) is 0 Å². The monoisotopic (exact) mass is 282 g/mol. The van der Waals surface area contributed by atoms with Crippen LogP contribution in [0.2, 0.25) is 0 Å². The minimum Gasteiger partial charge on any atom is -0.382 e. The molecule has 1 aromatic rings. The Morgan fingerprint density at radius 3 is 2.79 bits per heavy atom. The summed E-state index contributed by atoms with van der Waals surface area (Å²) < 4.78 is 4.16. The van der Waals surface area contributed by atoms with Crippen LogP contribution >= 0.6 is 11.5 Å². The number of nitrogen functional groups attached to an aromatic ring is 1. The van der Waals surface area contributed by atoms with E-state index in [9.17, 15) is 4.79 Å². The number of nitrogens with two attached hydrogens (primary N) is 1. The third-order valence-corrected chi connectivity index (χ3v) is 4.25. The smallest absolute Gasteiger partial charge is 0.257 e. The van der Waals surface area contributed by atoms with Crippen molar-refractivity contribution >= 4 is 28.3 Å². The Morgan fingerprint density at radius 2 is 2.26 bits per heavy atom. The van der Waals surface area contributed by atoms with Gasteiger partial charge in [-0.05, 0) is 36.7 Å². The Bertz CT molecular complexity index is 453. The standard InChI is InChI=1S/C13H22N4OS/c1-8(2)6-7-17(9-4-5-9)13-10(12(18)15-3)11(14)16-19-13/h8-9H,4-7H2,1-3H3,(H2,14,16)(H,15,18). The van der Waals surface area contributed by atoms with Crippen LogP contribution in [0.15, 0.2) is 0 Å². The molecule has 5 nitrogen and oxygen atoms in total. The number of hydrogen-bond donors (Lipinski definition) is 2. The zero-order valence-corrected chi connectivity index (χ0v) is 12.6. The minimum atomic E-state index is -0.142. The SMILES string of the molecule is CNC(=O)c1c(N)nsc1N(CCC(C)C)C1CC1. The Kier molecular flexibility index (Phi) is 4.29. The van der Waals surface area contributed by atoms with E-state index in [1.807, 2.05) is 0 Å². The predicted octanol–water partition coefficient (Wildman–Crippen LogP) is 2.10. The summed E-state index contributed by atoms with van der Waals surface area (Å²) in [4.78, 5) is 14.3. The Hall–Kier alpha value is -1.30. The van der Waals surface area contributed by atoms with E-state index in [1.165, 1.54) is 24.4 Å². The number of anilines is 2. The summed E-state index contributed by atoms with van der Waals surface area (Å²) in [6, 6.07) is 0.557. The van der Waals surface area contributed by atoms with E-state index in [0.717, 1.165) is 18.0 Å². The third kappa shape index (κ3) is 3.18. The summed E-state index contributed by atoms with van der Waals surface area (Å²) >= 11 is 1.34. The zero-order valence-electron chi connectivity index (χ0n) is 11.8. The van der Waals surface area contributed by atoms with Crippen LogP contribution in [-0.4, -0.2) is 29.9 Å². The van der Waals surface area contributed by atoms with Crippen molar-refractivity contribution in [2.24, 2.45) is 5.92 Å². The number of aromatic nitrogens is 1. The summed E-state index contributed by atoms with van der Waals surface area (Å²) in [6.45, 7) is 5.39. The first-order valence-electron chi connectivity index (χ1n) is 6.78. The molecule has 1 saturated carbocycles. The van der Waals surface area contributed by atoms with Gasteiger partial charge in [-0.2, -0.15) is 4.37 Å². The summed E-state index contributed by atoms with van der Waals surface area (Å²) in [6.07, 6.45) is 3.51. The van der Waals surface area contributed by atoms with Crippen LogP contribution in [0.4, 0.5) is 10.8 Å². The average Bonchev–Trinajstić information content (AvgIpc) is 3.13. The van der Waals surface area contributed by atoms with Crippen molar-refractivity contribution < 1.29 is 4.79 Å². The van der Waals surface area contributed by atoms with E-state index in [4.69, 9.17) is 5.73 Å². The molecule has 0 atom stereocenters. The maximum atomic E-state index is 12.0. The Morgan fingerprint density at radius 1 is 1.58 bits per heavy atom. The van der Waals surface area contributed by atoms with Gasteiger partial charge >= 0.3 is 0 Å². The van der Waals surface area contributed by atoms with Gasteiger partial charge in [-0.1, -0.05) is 13.8 Å². The largest absolute Gasteiger partial charge is 0.382 e. The first kappa shape index (κ1) is 14.1. The van der Waals surface area contributed by atoms with Gasteiger partial charge in [-0.25, -0.2) is 0 Å². The van der Waals surface area contributed by atoms with Gasteiger partial charge < -0.3 is 16.0 Å². The predicted molar refractivity (Wildman–Crippen MR) is 79.7 cm³/mol. The fourth-order valence-electron chi connectivity index (χ4n) is 2.06. The van der Waals surface area contributed by atoms with E-state index < -0.39 is 0 Å². The molecule has 1 fully saturated rings. The zero-order chi connectivity index (χ0) is 14.0. The molecule has 0 radical (unpaired) electrons. The molecule has 1 aliphatic carbocycles. The number of nitrogens with zero attached hydrogens (tertiary/aromatic N) is 2. The fourth-order valence-corrected chi connectivity index (χ4v) is 2.97. The normalized spacial score (nSPS) is 14.7. The van der Waals surface area contributed by atoms with Gasteiger partial charge in [0.15, 0.2) is 5.82 Å². The number of rotatable bonds is 6. The molecule has 1 aromatic heterocycles. The first-order chi connectivity index (χ1) is 9.04. The van der Waals surface area contributed by atoms with Gasteiger partial charge in [-0.15, -0.1) is 0 Å². The first-order valence-corrected chi connectivity index (χ1v) is 7.55. The Labute approximate surface area is 118 Å². The molecule has 0 saturated heterocycles. The van der Waals surface area contributed by atoms with Crippen molar-refractivity contribution in [2.45, 2.75) is 39.2 Å². The van der Waals surface area contributed by atoms with Crippen LogP contribution in [0.1, 0.15) is 43.5 Å². The molecular weight excluding hydrogens is 260 g/mol. The minimum absolute atomic E-state index is 0.142. The topological polar surface area (TPSA) is 71.2 Å². The van der Waals surface area contributed by atoms with Crippen molar-refractivity contribution in [1.29, 1.82) is 0 Å². The highest BCUT2D eigenvalue weighted by molar-refractivity contribution is 7.11. The number of hydrogen-bond acceptors (Lipinski definition) is 5. The van der Waals surface area contributed by atoms with Gasteiger partial charge in [0.2, 0.25) is 0 Å². The van der Waals surface area contributed by atoms with E-state index in [1.54, 1.807) is 7.05 Å². The molecular formula is C13H22N4OS. The summed E-state index contributed by atoms with van der Waals surface area (Å²) in [7, 11) is 1.62.